The van der Waals surface area contributed by atoms with Crippen LogP contribution in [0.25, 0.3) is 11.3 Å². The summed E-state index contributed by atoms with van der Waals surface area (Å²) in [6.45, 7) is 0. The van der Waals surface area contributed by atoms with E-state index in [0.717, 1.165) is 11.3 Å². The van der Waals surface area contributed by atoms with Gasteiger partial charge in [-0.2, -0.15) is 5.10 Å². The number of benzene rings is 2. The molecule has 0 saturated heterocycles. The van der Waals surface area contributed by atoms with E-state index in [0.29, 0.717) is 10.7 Å². The fourth-order valence-corrected chi connectivity index (χ4v) is 3.19. The summed E-state index contributed by atoms with van der Waals surface area (Å²) >= 11 is 13.2. The number of hydrogen-bond donors (Lipinski definition) is 1. The van der Waals surface area contributed by atoms with E-state index >= 15 is 0 Å². The Kier molecular flexibility index (Phi) is 5.28. The Labute approximate surface area is 156 Å². The van der Waals surface area contributed by atoms with E-state index in [2.05, 4.69) is 15.5 Å². The molecule has 3 rings (SSSR count). The number of thiazole rings is 1. The molecular weight excluding hydrogens is 383 g/mol. The van der Waals surface area contributed by atoms with Gasteiger partial charge in [0.1, 0.15) is 5.02 Å². The van der Waals surface area contributed by atoms with Crippen LogP contribution in [-0.2, 0) is 0 Å². The van der Waals surface area contributed by atoms with Crippen LogP contribution in [0.15, 0.2) is 52.9 Å². The molecule has 0 amide bonds. The molecule has 25 heavy (non-hydrogen) atoms. The van der Waals surface area contributed by atoms with Crippen LogP contribution in [0.2, 0.25) is 10.0 Å². The Balaban J connectivity index is 1.75. The first-order valence-electron chi connectivity index (χ1n) is 6.98. The molecule has 0 fully saturated rings. The predicted molar refractivity (Wildman–Crippen MR) is 102 cm³/mol. The number of rotatable bonds is 5. The van der Waals surface area contributed by atoms with Crippen LogP contribution in [0.3, 0.4) is 0 Å². The van der Waals surface area contributed by atoms with E-state index in [1.54, 1.807) is 0 Å². The first-order chi connectivity index (χ1) is 12.0. The molecule has 0 saturated carbocycles. The number of aromatic nitrogens is 1. The van der Waals surface area contributed by atoms with Crippen LogP contribution < -0.4 is 5.43 Å². The standard InChI is InChI=1S/C16H10Cl2N4O2S/c17-12-7-13(18)15(22(23)24)6-11(12)8-19-21-16-20-14(9-25-16)10-4-2-1-3-5-10/h1-9H,(H,20,21). The van der Waals surface area contributed by atoms with Gasteiger partial charge in [-0.3, -0.25) is 15.5 Å². The smallest absolute Gasteiger partial charge is 0.258 e. The summed E-state index contributed by atoms with van der Waals surface area (Å²) in [7, 11) is 0. The molecular formula is C16H10Cl2N4O2S. The van der Waals surface area contributed by atoms with Crippen molar-refractivity contribution in [3.8, 4) is 11.3 Å². The molecule has 0 spiro atoms. The Hall–Kier alpha value is -2.48. The van der Waals surface area contributed by atoms with E-state index < -0.39 is 4.92 Å². The molecule has 1 aromatic heterocycles. The van der Waals surface area contributed by atoms with Gasteiger partial charge in [0.25, 0.3) is 5.69 Å². The number of nitro benzene ring substituents is 1. The van der Waals surface area contributed by atoms with Gasteiger partial charge < -0.3 is 0 Å². The maximum Gasteiger partial charge on any atom is 0.288 e. The fraction of sp³-hybridized carbons (Fsp3) is 0. The lowest BCUT2D eigenvalue weighted by molar-refractivity contribution is -0.384. The highest BCUT2D eigenvalue weighted by Gasteiger charge is 2.15. The van der Waals surface area contributed by atoms with Gasteiger partial charge in [0.15, 0.2) is 0 Å². The van der Waals surface area contributed by atoms with Crippen LogP contribution in [0.1, 0.15) is 5.56 Å². The summed E-state index contributed by atoms with van der Waals surface area (Å²) in [4.78, 5) is 14.8. The van der Waals surface area contributed by atoms with Crippen molar-refractivity contribution >= 4 is 51.6 Å². The predicted octanol–water partition coefficient (Wildman–Crippen LogP) is 5.47. The number of anilines is 1. The van der Waals surface area contributed by atoms with Crippen LogP contribution in [0.4, 0.5) is 10.8 Å². The van der Waals surface area contributed by atoms with Crippen molar-refractivity contribution in [3.05, 3.63) is 73.6 Å². The van der Waals surface area contributed by atoms with Crippen molar-refractivity contribution in [1.29, 1.82) is 0 Å². The van der Waals surface area contributed by atoms with Crippen molar-refractivity contribution in [1.82, 2.24) is 4.98 Å². The van der Waals surface area contributed by atoms with Crippen LogP contribution in [0, 0.1) is 10.1 Å². The average Bonchev–Trinajstić information content (AvgIpc) is 3.06. The summed E-state index contributed by atoms with van der Waals surface area (Å²) in [5, 5.41) is 17.7. The van der Waals surface area contributed by atoms with E-state index in [4.69, 9.17) is 23.2 Å². The largest absolute Gasteiger partial charge is 0.288 e. The Morgan fingerprint density at radius 3 is 2.68 bits per heavy atom. The lowest BCUT2D eigenvalue weighted by Gasteiger charge is -2.00. The first-order valence-corrected chi connectivity index (χ1v) is 8.61. The molecule has 0 aliphatic rings. The summed E-state index contributed by atoms with van der Waals surface area (Å²) in [5.41, 5.74) is 4.78. The van der Waals surface area contributed by atoms with Crippen molar-refractivity contribution in [3.63, 3.8) is 0 Å². The molecule has 126 valence electrons. The summed E-state index contributed by atoms with van der Waals surface area (Å²) in [5.74, 6) is 0. The maximum absolute atomic E-state index is 10.9. The molecule has 0 aliphatic carbocycles. The zero-order chi connectivity index (χ0) is 17.8. The average molecular weight is 393 g/mol. The Morgan fingerprint density at radius 1 is 1.20 bits per heavy atom. The molecule has 0 unspecified atom stereocenters. The zero-order valence-electron chi connectivity index (χ0n) is 12.5. The quantitative estimate of drug-likeness (QED) is 0.354. The zero-order valence-corrected chi connectivity index (χ0v) is 14.8. The number of hydrogen-bond acceptors (Lipinski definition) is 6. The number of nitrogens with one attached hydrogen (secondary N) is 1. The Bertz CT molecular complexity index is 945. The van der Waals surface area contributed by atoms with Crippen molar-refractivity contribution in [2.24, 2.45) is 5.10 Å². The van der Waals surface area contributed by atoms with Gasteiger partial charge in [-0.25, -0.2) is 4.98 Å². The van der Waals surface area contributed by atoms with E-state index in [-0.39, 0.29) is 15.7 Å². The van der Waals surface area contributed by atoms with Crippen LogP contribution in [-0.4, -0.2) is 16.1 Å². The molecule has 6 nitrogen and oxygen atoms in total. The van der Waals surface area contributed by atoms with Gasteiger partial charge >= 0.3 is 0 Å². The third-order valence-corrected chi connectivity index (χ3v) is 4.58. The molecule has 3 aromatic rings. The molecule has 1 N–H and O–H groups in total. The second kappa shape index (κ2) is 7.60. The summed E-state index contributed by atoms with van der Waals surface area (Å²) in [6, 6.07) is 12.3. The fourth-order valence-electron chi connectivity index (χ4n) is 2.02. The lowest BCUT2D eigenvalue weighted by atomic mass is 10.2. The lowest BCUT2D eigenvalue weighted by Crippen LogP contribution is -1.95. The number of nitro groups is 1. The van der Waals surface area contributed by atoms with Gasteiger partial charge in [0.05, 0.1) is 21.9 Å². The van der Waals surface area contributed by atoms with Gasteiger partial charge in [-0.15, -0.1) is 11.3 Å². The monoisotopic (exact) mass is 392 g/mol. The summed E-state index contributed by atoms with van der Waals surface area (Å²) < 4.78 is 0. The van der Waals surface area contributed by atoms with Gasteiger partial charge in [0, 0.05) is 22.6 Å². The highest BCUT2D eigenvalue weighted by Crippen LogP contribution is 2.30. The second-order valence-electron chi connectivity index (χ2n) is 4.86. The van der Waals surface area contributed by atoms with E-state index in [1.165, 1.54) is 29.7 Å². The van der Waals surface area contributed by atoms with Gasteiger partial charge in [0.2, 0.25) is 5.13 Å². The van der Waals surface area contributed by atoms with E-state index in [9.17, 15) is 10.1 Å². The molecule has 0 bridgehead atoms. The molecule has 0 aliphatic heterocycles. The van der Waals surface area contributed by atoms with Crippen LogP contribution >= 0.6 is 34.5 Å². The summed E-state index contributed by atoms with van der Waals surface area (Å²) in [6.07, 6.45) is 1.38. The number of nitrogens with zero attached hydrogens (tertiary/aromatic N) is 3. The minimum absolute atomic E-state index is 0.0208. The highest BCUT2D eigenvalue weighted by atomic mass is 35.5. The third kappa shape index (κ3) is 4.14. The third-order valence-electron chi connectivity index (χ3n) is 3.20. The van der Waals surface area contributed by atoms with Crippen molar-refractivity contribution in [2.75, 3.05) is 5.43 Å². The molecule has 9 heteroatoms. The minimum atomic E-state index is -0.573. The van der Waals surface area contributed by atoms with Crippen molar-refractivity contribution in [2.45, 2.75) is 0 Å². The van der Waals surface area contributed by atoms with Crippen molar-refractivity contribution < 1.29 is 4.92 Å². The molecule has 0 atom stereocenters. The van der Waals surface area contributed by atoms with Gasteiger partial charge in [-0.1, -0.05) is 53.5 Å². The molecule has 0 radical (unpaired) electrons. The number of halogens is 2. The molecule has 1 heterocycles. The maximum atomic E-state index is 10.9. The SMILES string of the molecule is O=[N+]([O-])c1cc(C=NNc2nc(-c3ccccc3)cs2)c(Cl)cc1Cl. The topological polar surface area (TPSA) is 80.4 Å². The normalized spacial score (nSPS) is 11.0. The second-order valence-corrected chi connectivity index (χ2v) is 6.53. The van der Waals surface area contributed by atoms with Gasteiger partial charge in [-0.05, 0) is 6.07 Å². The number of hydrazone groups is 1. The van der Waals surface area contributed by atoms with Crippen LogP contribution in [0.5, 0.6) is 0 Å². The Morgan fingerprint density at radius 2 is 1.96 bits per heavy atom. The van der Waals surface area contributed by atoms with E-state index in [1.807, 2.05) is 35.7 Å². The molecule has 2 aromatic carbocycles. The first kappa shape index (κ1) is 17.3. The highest BCUT2D eigenvalue weighted by molar-refractivity contribution is 7.14. The minimum Gasteiger partial charge on any atom is -0.258 e.